The molecule has 0 N–H and O–H groups in total. The lowest BCUT2D eigenvalue weighted by molar-refractivity contribution is -0.141. The molecule has 170 valence electrons. The van der Waals surface area contributed by atoms with Crippen LogP contribution in [-0.4, -0.2) is 43.2 Å². The Hall–Kier alpha value is -3.92. The molecule has 10 heteroatoms. The number of para-hydroxylation sites is 1. The van der Waals surface area contributed by atoms with Crippen molar-refractivity contribution in [2.24, 2.45) is 4.99 Å². The molecule has 0 unspecified atom stereocenters. The Morgan fingerprint density at radius 3 is 2.67 bits per heavy atom. The van der Waals surface area contributed by atoms with Gasteiger partial charge in [-0.05, 0) is 37.3 Å². The second-order valence-corrected chi connectivity index (χ2v) is 7.87. The van der Waals surface area contributed by atoms with E-state index in [1.54, 1.807) is 54.0 Å². The number of benzene rings is 2. The number of carbonyl (C=O) groups is 3. The quantitative estimate of drug-likeness (QED) is 0.398. The van der Waals surface area contributed by atoms with E-state index in [-0.39, 0.29) is 23.7 Å². The Labute approximate surface area is 191 Å². The molecule has 0 saturated heterocycles. The highest BCUT2D eigenvalue weighted by Crippen LogP contribution is 2.29. The van der Waals surface area contributed by atoms with Crippen LogP contribution in [-0.2, 0) is 20.8 Å². The van der Waals surface area contributed by atoms with E-state index < -0.39 is 17.8 Å². The average Bonchev–Trinajstić information content (AvgIpc) is 3.40. The van der Waals surface area contributed by atoms with Gasteiger partial charge >= 0.3 is 17.8 Å². The van der Waals surface area contributed by atoms with Crippen molar-refractivity contribution in [3.63, 3.8) is 0 Å². The molecule has 0 atom stereocenters. The highest BCUT2D eigenvalue weighted by Gasteiger charge is 2.18. The number of thiazole rings is 1. The molecule has 0 fully saturated rings. The fraction of sp³-hybridized carbons (Fsp3) is 0.217. The molecule has 0 spiro atoms. The predicted octanol–water partition coefficient (Wildman–Crippen LogP) is 3.55. The number of methoxy groups -OCH3 is 2. The Balaban J connectivity index is 1.82. The van der Waals surface area contributed by atoms with Gasteiger partial charge in [0.25, 0.3) is 0 Å². The summed E-state index contributed by atoms with van der Waals surface area (Å²) >= 11 is 1.16. The lowest BCUT2D eigenvalue weighted by Gasteiger charge is -2.05. The van der Waals surface area contributed by atoms with Crippen molar-refractivity contribution in [3.05, 3.63) is 58.6 Å². The Morgan fingerprint density at radius 2 is 1.94 bits per heavy atom. The van der Waals surface area contributed by atoms with Crippen molar-refractivity contribution in [3.8, 4) is 5.75 Å². The zero-order valence-corrected chi connectivity index (χ0v) is 18.9. The summed E-state index contributed by atoms with van der Waals surface area (Å²) in [5.41, 5.74) is 1.42. The molecular formula is C23H20N2O7S. The normalized spacial score (nSPS) is 11.7. The smallest absolute Gasteiger partial charge is 0.338 e. The van der Waals surface area contributed by atoms with E-state index >= 15 is 0 Å². The van der Waals surface area contributed by atoms with Crippen LogP contribution in [0.5, 0.6) is 5.75 Å². The minimum absolute atomic E-state index is 0.0313. The maximum absolute atomic E-state index is 12.9. The lowest BCUT2D eigenvalue weighted by Crippen LogP contribution is -2.22. The first kappa shape index (κ1) is 22.3. The molecule has 2 aromatic heterocycles. The summed E-state index contributed by atoms with van der Waals surface area (Å²) in [6.45, 7) is 1.82. The third kappa shape index (κ3) is 4.37. The highest BCUT2D eigenvalue weighted by molar-refractivity contribution is 7.16. The van der Waals surface area contributed by atoms with Gasteiger partial charge in [0.2, 0.25) is 0 Å². The SMILES string of the molecule is CCOC(=O)c1ccc2c(c1)sc(=NC(=O)c1cc3cccc(OC)c3o1)n2CC(=O)OC. The van der Waals surface area contributed by atoms with Gasteiger partial charge in [-0.15, -0.1) is 0 Å². The van der Waals surface area contributed by atoms with Gasteiger partial charge in [-0.25, -0.2) is 4.79 Å². The number of hydrogen-bond donors (Lipinski definition) is 0. The van der Waals surface area contributed by atoms with E-state index in [0.29, 0.717) is 32.5 Å². The van der Waals surface area contributed by atoms with Crippen molar-refractivity contribution in [1.29, 1.82) is 0 Å². The Bertz CT molecular complexity index is 1440. The molecule has 1 amide bonds. The van der Waals surface area contributed by atoms with E-state index in [4.69, 9.17) is 18.6 Å². The third-order valence-corrected chi connectivity index (χ3v) is 5.89. The van der Waals surface area contributed by atoms with Gasteiger partial charge in [-0.3, -0.25) is 9.59 Å². The summed E-state index contributed by atoms with van der Waals surface area (Å²) in [7, 11) is 2.79. The maximum Gasteiger partial charge on any atom is 0.338 e. The van der Waals surface area contributed by atoms with Crippen molar-refractivity contribution in [1.82, 2.24) is 4.57 Å². The molecule has 0 bridgehead atoms. The summed E-state index contributed by atoms with van der Waals surface area (Å²) in [6, 6.07) is 11.8. The van der Waals surface area contributed by atoms with Gasteiger partial charge in [-0.1, -0.05) is 23.5 Å². The van der Waals surface area contributed by atoms with Gasteiger partial charge in [-0.2, -0.15) is 4.99 Å². The molecule has 0 aliphatic heterocycles. The summed E-state index contributed by atoms with van der Waals surface area (Å²) in [5.74, 6) is -1.06. The van der Waals surface area contributed by atoms with Crippen LogP contribution in [0.1, 0.15) is 27.8 Å². The monoisotopic (exact) mass is 468 g/mol. The summed E-state index contributed by atoms with van der Waals surface area (Å²) < 4.78 is 23.0. The number of furan rings is 1. The molecule has 2 heterocycles. The summed E-state index contributed by atoms with van der Waals surface area (Å²) in [6.07, 6.45) is 0. The number of ether oxygens (including phenoxy) is 3. The maximum atomic E-state index is 12.9. The van der Waals surface area contributed by atoms with Crippen LogP contribution in [0, 0.1) is 0 Å². The molecule has 33 heavy (non-hydrogen) atoms. The second kappa shape index (κ2) is 9.29. The summed E-state index contributed by atoms with van der Waals surface area (Å²) in [5, 5.41) is 0.700. The molecule has 0 aliphatic carbocycles. The highest BCUT2D eigenvalue weighted by atomic mass is 32.1. The van der Waals surface area contributed by atoms with Crippen LogP contribution in [0.2, 0.25) is 0 Å². The first-order valence-electron chi connectivity index (χ1n) is 9.98. The molecule has 0 aliphatic rings. The van der Waals surface area contributed by atoms with Gasteiger partial charge in [0, 0.05) is 5.39 Å². The van der Waals surface area contributed by atoms with Crippen LogP contribution in [0.4, 0.5) is 0 Å². The number of hydrogen-bond acceptors (Lipinski definition) is 8. The number of amides is 1. The van der Waals surface area contributed by atoms with E-state index in [1.807, 2.05) is 0 Å². The van der Waals surface area contributed by atoms with Gasteiger partial charge in [0.05, 0.1) is 36.6 Å². The molecule has 2 aromatic carbocycles. The minimum Gasteiger partial charge on any atom is -0.493 e. The Morgan fingerprint density at radius 1 is 1.12 bits per heavy atom. The third-order valence-electron chi connectivity index (χ3n) is 4.84. The second-order valence-electron chi connectivity index (χ2n) is 6.86. The largest absolute Gasteiger partial charge is 0.493 e. The van der Waals surface area contributed by atoms with Crippen LogP contribution in [0.25, 0.3) is 21.2 Å². The van der Waals surface area contributed by atoms with E-state index in [2.05, 4.69) is 4.99 Å². The molecule has 9 nitrogen and oxygen atoms in total. The van der Waals surface area contributed by atoms with Crippen LogP contribution in [0.3, 0.4) is 0 Å². The Kier molecular flexibility index (Phi) is 6.27. The molecular weight excluding hydrogens is 448 g/mol. The lowest BCUT2D eigenvalue weighted by atomic mass is 10.2. The number of carbonyl (C=O) groups excluding carboxylic acids is 3. The standard InChI is InChI=1S/C23H20N2O7S/c1-4-31-22(28)14-8-9-15-18(11-14)33-23(25(15)12-19(26)30-3)24-21(27)17-10-13-6-5-7-16(29-2)20(13)32-17/h5-11H,4,12H2,1-3H3. The van der Waals surface area contributed by atoms with E-state index in [0.717, 1.165) is 11.3 Å². The number of fused-ring (bicyclic) bond motifs is 2. The van der Waals surface area contributed by atoms with Crippen LogP contribution < -0.4 is 9.54 Å². The van der Waals surface area contributed by atoms with Crippen LogP contribution >= 0.6 is 11.3 Å². The van der Waals surface area contributed by atoms with Gasteiger partial charge < -0.3 is 23.2 Å². The first-order chi connectivity index (χ1) is 15.9. The van der Waals surface area contributed by atoms with E-state index in [1.165, 1.54) is 14.2 Å². The zero-order valence-electron chi connectivity index (χ0n) is 18.1. The first-order valence-corrected chi connectivity index (χ1v) is 10.8. The molecule has 0 saturated carbocycles. The van der Waals surface area contributed by atoms with Crippen molar-refractivity contribution in [2.75, 3.05) is 20.8 Å². The number of rotatable bonds is 6. The number of esters is 2. The molecule has 4 aromatic rings. The minimum atomic E-state index is -0.621. The van der Waals surface area contributed by atoms with E-state index in [9.17, 15) is 14.4 Å². The molecule has 0 radical (unpaired) electrons. The fourth-order valence-electron chi connectivity index (χ4n) is 3.29. The van der Waals surface area contributed by atoms with Crippen molar-refractivity contribution >= 4 is 50.4 Å². The fourth-order valence-corrected chi connectivity index (χ4v) is 4.36. The number of aromatic nitrogens is 1. The van der Waals surface area contributed by atoms with Crippen LogP contribution in [0.15, 0.2) is 51.9 Å². The predicted molar refractivity (Wildman–Crippen MR) is 120 cm³/mol. The van der Waals surface area contributed by atoms with Gasteiger partial charge in [0.15, 0.2) is 21.9 Å². The summed E-state index contributed by atoms with van der Waals surface area (Å²) in [4.78, 5) is 41.5. The van der Waals surface area contributed by atoms with Crippen molar-refractivity contribution < 1.29 is 33.0 Å². The average molecular weight is 468 g/mol. The zero-order chi connectivity index (χ0) is 23.5. The van der Waals surface area contributed by atoms with Gasteiger partial charge in [0.1, 0.15) is 6.54 Å². The molecule has 4 rings (SSSR count). The van der Waals surface area contributed by atoms with Crippen molar-refractivity contribution in [2.45, 2.75) is 13.5 Å². The topological polar surface area (TPSA) is 109 Å². The number of nitrogens with zero attached hydrogens (tertiary/aromatic N) is 2.